The van der Waals surface area contributed by atoms with E-state index in [0.29, 0.717) is 25.1 Å². The van der Waals surface area contributed by atoms with Gasteiger partial charge in [0.15, 0.2) is 9.84 Å². The molecule has 0 saturated carbocycles. The summed E-state index contributed by atoms with van der Waals surface area (Å²) in [6.45, 7) is 4.84. The van der Waals surface area contributed by atoms with Crippen LogP contribution in [0.1, 0.15) is 54.0 Å². The molecule has 0 radical (unpaired) electrons. The lowest BCUT2D eigenvalue weighted by Gasteiger charge is -2.27. The van der Waals surface area contributed by atoms with Crippen LogP contribution >= 0.6 is 0 Å². The first-order valence-electron chi connectivity index (χ1n) is 8.63. The summed E-state index contributed by atoms with van der Waals surface area (Å²) < 4.78 is 23.4. The van der Waals surface area contributed by atoms with Crippen LogP contribution in [-0.4, -0.2) is 60.8 Å². The largest absolute Gasteiger partial charge is 0.351 e. The first-order chi connectivity index (χ1) is 11.9. The fourth-order valence-electron chi connectivity index (χ4n) is 2.91. The molecule has 2 amide bonds. The van der Waals surface area contributed by atoms with Crippen LogP contribution in [0.4, 0.5) is 0 Å². The zero-order chi connectivity index (χ0) is 18.4. The molecule has 0 aliphatic carbocycles. The topological polar surface area (TPSA) is 96.4 Å². The number of carbonyl (C=O) groups is 2. The number of nitrogens with zero attached hydrogens (tertiary/aromatic N) is 2. The van der Waals surface area contributed by atoms with Gasteiger partial charge in [-0.2, -0.15) is 0 Å². The smallest absolute Gasteiger partial charge is 0.269 e. The Morgan fingerprint density at radius 2 is 2.12 bits per heavy atom. The van der Waals surface area contributed by atoms with Crippen LogP contribution in [0.2, 0.25) is 0 Å². The third kappa shape index (κ3) is 5.01. The van der Waals surface area contributed by atoms with Crippen LogP contribution in [0.25, 0.3) is 0 Å². The minimum absolute atomic E-state index is 0.00201. The van der Waals surface area contributed by atoms with Gasteiger partial charge in [0.05, 0.1) is 11.5 Å². The van der Waals surface area contributed by atoms with Gasteiger partial charge < -0.3 is 10.2 Å². The van der Waals surface area contributed by atoms with Gasteiger partial charge in [-0.15, -0.1) is 0 Å². The van der Waals surface area contributed by atoms with Crippen molar-refractivity contribution >= 4 is 21.7 Å². The highest BCUT2D eigenvalue weighted by molar-refractivity contribution is 7.91. The molecule has 2 heterocycles. The van der Waals surface area contributed by atoms with Crippen LogP contribution in [0.15, 0.2) is 18.3 Å². The number of carbonyl (C=O) groups excluding carboxylic acids is 2. The van der Waals surface area contributed by atoms with Gasteiger partial charge in [0.2, 0.25) is 0 Å². The molecule has 1 aliphatic heterocycles. The molecule has 1 unspecified atom stereocenters. The normalized spacial score (nSPS) is 18.7. The highest BCUT2D eigenvalue weighted by Gasteiger charge is 2.34. The van der Waals surface area contributed by atoms with Gasteiger partial charge in [-0.1, -0.05) is 13.3 Å². The minimum atomic E-state index is -3.07. The molecule has 1 aromatic rings. The summed E-state index contributed by atoms with van der Waals surface area (Å²) in [6.07, 6.45) is 3.74. The Bertz CT molecular complexity index is 733. The molecule has 1 aliphatic rings. The second kappa shape index (κ2) is 8.42. The number of pyridine rings is 1. The van der Waals surface area contributed by atoms with Crippen molar-refractivity contribution in [1.82, 2.24) is 15.2 Å². The van der Waals surface area contributed by atoms with Gasteiger partial charge in [-0.25, -0.2) is 8.42 Å². The quantitative estimate of drug-likeness (QED) is 0.732. The highest BCUT2D eigenvalue weighted by atomic mass is 32.2. The number of unbranched alkanes of at least 4 members (excludes halogenated alkanes) is 1. The van der Waals surface area contributed by atoms with Gasteiger partial charge in [0.1, 0.15) is 5.69 Å². The molecule has 1 atom stereocenters. The maximum atomic E-state index is 12.8. The number of rotatable bonds is 7. The maximum absolute atomic E-state index is 12.8. The van der Waals surface area contributed by atoms with E-state index in [-0.39, 0.29) is 35.1 Å². The van der Waals surface area contributed by atoms with Crippen molar-refractivity contribution in [1.29, 1.82) is 0 Å². The predicted octanol–water partition coefficient (Wildman–Crippen LogP) is 1.26. The fraction of sp³-hybridized carbons (Fsp3) is 0.588. The van der Waals surface area contributed by atoms with E-state index in [1.54, 1.807) is 11.0 Å². The van der Waals surface area contributed by atoms with Crippen molar-refractivity contribution in [3.05, 3.63) is 29.6 Å². The Morgan fingerprint density at radius 1 is 1.36 bits per heavy atom. The molecule has 1 saturated heterocycles. The van der Waals surface area contributed by atoms with Gasteiger partial charge in [-0.05, 0) is 31.9 Å². The average Bonchev–Trinajstić information content (AvgIpc) is 2.95. The predicted molar refractivity (Wildman–Crippen MR) is 95.2 cm³/mol. The number of sulfone groups is 1. The van der Waals surface area contributed by atoms with Gasteiger partial charge in [0, 0.05) is 30.9 Å². The van der Waals surface area contributed by atoms with E-state index in [4.69, 9.17) is 0 Å². The molecular weight excluding hydrogens is 342 g/mol. The molecule has 0 bridgehead atoms. The Balaban J connectivity index is 2.13. The molecule has 138 valence electrons. The third-order valence-electron chi connectivity index (χ3n) is 4.31. The maximum Gasteiger partial charge on any atom is 0.269 e. The molecule has 25 heavy (non-hydrogen) atoms. The van der Waals surface area contributed by atoms with E-state index in [2.05, 4.69) is 10.3 Å². The second-order valence-corrected chi connectivity index (χ2v) is 8.42. The Kier molecular flexibility index (Phi) is 6.52. The van der Waals surface area contributed by atoms with Crippen LogP contribution < -0.4 is 5.32 Å². The SMILES string of the molecule is CCCCNC(=O)c1cc(C(=O)N(CC)C2CCS(=O)(=O)C2)ccn1. The second-order valence-electron chi connectivity index (χ2n) is 6.19. The summed E-state index contributed by atoms with van der Waals surface area (Å²) >= 11 is 0. The molecule has 1 aromatic heterocycles. The highest BCUT2D eigenvalue weighted by Crippen LogP contribution is 2.20. The number of hydrogen-bond donors (Lipinski definition) is 1. The minimum Gasteiger partial charge on any atom is -0.351 e. The van der Waals surface area contributed by atoms with Crippen molar-refractivity contribution < 1.29 is 18.0 Å². The zero-order valence-corrected chi connectivity index (χ0v) is 15.5. The molecule has 0 aromatic carbocycles. The van der Waals surface area contributed by atoms with Crippen molar-refractivity contribution in [3.8, 4) is 0 Å². The van der Waals surface area contributed by atoms with Gasteiger partial charge in [0.25, 0.3) is 11.8 Å². The van der Waals surface area contributed by atoms with Crippen molar-refractivity contribution in [2.75, 3.05) is 24.6 Å². The monoisotopic (exact) mass is 367 g/mol. The number of aromatic nitrogens is 1. The Morgan fingerprint density at radius 3 is 2.72 bits per heavy atom. The van der Waals surface area contributed by atoms with Crippen LogP contribution in [-0.2, 0) is 9.84 Å². The van der Waals surface area contributed by atoms with E-state index in [9.17, 15) is 18.0 Å². The molecule has 2 rings (SSSR count). The van der Waals surface area contributed by atoms with Crippen LogP contribution in [0.5, 0.6) is 0 Å². The molecular formula is C17H25N3O4S. The molecule has 7 nitrogen and oxygen atoms in total. The summed E-state index contributed by atoms with van der Waals surface area (Å²) in [5.74, 6) is -0.463. The van der Waals surface area contributed by atoms with Crippen LogP contribution in [0.3, 0.4) is 0 Å². The van der Waals surface area contributed by atoms with E-state index < -0.39 is 9.84 Å². The van der Waals surface area contributed by atoms with Crippen LogP contribution in [0, 0.1) is 0 Å². The summed E-state index contributed by atoms with van der Waals surface area (Å²) in [6, 6.07) is 2.71. The van der Waals surface area contributed by atoms with Gasteiger partial charge >= 0.3 is 0 Å². The lowest BCUT2D eigenvalue weighted by molar-refractivity contribution is 0.0708. The van der Waals surface area contributed by atoms with Crippen molar-refractivity contribution in [3.63, 3.8) is 0 Å². The first-order valence-corrected chi connectivity index (χ1v) is 10.5. The Labute approximate surface area is 148 Å². The number of hydrogen-bond acceptors (Lipinski definition) is 5. The van der Waals surface area contributed by atoms with E-state index in [1.165, 1.54) is 12.3 Å². The lowest BCUT2D eigenvalue weighted by atomic mass is 10.1. The lowest BCUT2D eigenvalue weighted by Crippen LogP contribution is -2.41. The number of nitrogens with one attached hydrogen (secondary N) is 1. The standard InChI is InChI=1S/C17H25N3O4S/c1-3-5-8-19-16(21)15-11-13(6-9-18-15)17(22)20(4-2)14-7-10-25(23,24)12-14/h6,9,11,14H,3-5,7-8,10,12H2,1-2H3,(H,19,21). The first kappa shape index (κ1) is 19.4. The summed E-state index contributed by atoms with van der Waals surface area (Å²) in [5.41, 5.74) is 0.541. The molecule has 1 N–H and O–H groups in total. The summed E-state index contributed by atoms with van der Waals surface area (Å²) in [4.78, 5) is 30.5. The fourth-order valence-corrected chi connectivity index (χ4v) is 4.64. The van der Waals surface area contributed by atoms with Gasteiger partial charge in [-0.3, -0.25) is 14.6 Å². The zero-order valence-electron chi connectivity index (χ0n) is 14.7. The average molecular weight is 367 g/mol. The summed E-state index contributed by atoms with van der Waals surface area (Å²) in [5, 5.41) is 2.77. The molecule has 8 heteroatoms. The molecule has 0 spiro atoms. The number of amides is 2. The Hall–Kier alpha value is -1.96. The summed E-state index contributed by atoms with van der Waals surface area (Å²) in [7, 11) is -3.07. The van der Waals surface area contributed by atoms with Crippen molar-refractivity contribution in [2.24, 2.45) is 0 Å². The molecule has 1 fully saturated rings. The van der Waals surface area contributed by atoms with E-state index in [1.807, 2.05) is 13.8 Å². The van der Waals surface area contributed by atoms with Crippen molar-refractivity contribution in [2.45, 2.75) is 39.2 Å². The third-order valence-corrected chi connectivity index (χ3v) is 6.06. The van der Waals surface area contributed by atoms with E-state index in [0.717, 1.165) is 12.8 Å². The van der Waals surface area contributed by atoms with E-state index >= 15 is 0 Å².